The number of rotatable bonds is 0. The van der Waals surface area contributed by atoms with Crippen molar-refractivity contribution in [1.82, 2.24) is 0 Å². The molecule has 72 valence electrons. The van der Waals surface area contributed by atoms with E-state index < -0.39 is 0 Å². The van der Waals surface area contributed by atoms with E-state index >= 15 is 0 Å². The summed E-state index contributed by atoms with van der Waals surface area (Å²) >= 11 is 4.94. The van der Waals surface area contributed by atoms with Gasteiger partial charge in [-0.25, -0.2) is 0 Å². The Morgan fingerprint density at radius 2 is 2.29 bits per heavy atom. The second-order valence-electron chi connectivity index (χ2n) is 3.25. The minimum Gasteiger partial charge on any atom is -0.289 e. The van der Waals surface area contributed by atoms with E-state index in [4.69, 9.17) is 0 Å². The minimum atomic E-state index is 0.152. The summed E-state index contributed by atoms with van der Waals surface area (Å²) in [6.07, 6.45) is 0. The van der Waals surface area contributed by atoms with Gasteiger partial charge in [-0.2, -0.15) is 0 Å². The molecule has 1 aliphatic rings. The van der Waals surface area contributed by atoms with Crippen molar-refractivity contribution in [3.05, 3.63) is 39.9 Å². The third kappa shape index (κ3) is 1.66. The lowest BCUT2D eigenvalue weighted by Gasteiger charge is -2.16. The lowest BCUT2D eigenvalue weighted by molar-refractivity contribution is 0.103. The van der Waals surface area contributed by atoms with Crippen molar-refractivity contribution in [2.24, 2.45) is 0 Å². The van der Waals surface area contributed by atoms with E-state index in [0.717, 1.165) is 27.3 Å². The number of ketones is 1. The summed E-state index contributed by atoms with van der Waals surface area (Å²) in [4.78, 5) is 14.7. The molecule has 0 unspecified atom stereocenters. The highest BCUT2D eigenvalue weighted by Gasteiger charge is 2.21. The number of thioether (sulfide) groups is 1. The Balaban J connectivity index is 2.54. The summed E-state index contributed by atoms with van der Waals surface area (Å²) in [6, 6.07) is 6.03. The van der Waals surface area contributed by atoms with Gasteiger partial charge in [-0.15, -0.1) is 11.8 Å². The molecule has 0 saturated carbocycles. The molecule has 0 spiro atoms. The van der Waals surface area contributed by atoms with Gasteiger partial charge in [0.25, 0.3) is 0 Å². The molecule has 0 bridgehead atoms. The Bertz CT molecular complexity index is 423. The fourth-order valence-corrected chi connectivity index (χ4v) is 3.00. The maximum absolute atomic E-state index is 11.9. The standard InChI is InChI=1S/C11H9BrOS/c1-7-2-3-10-9(4-7)11(13)8(5-12)6-14-10/h2-5H,6H2,1H3/b8-5-. The van der Waals surface area contributed by atoms with Crippen molar-refractivity contribution in [3.63, 3.8) is 0 Å². The van der Waals surface area contributed by atoms with Crippen molar-refractivity contribution in [2.45, 2.75) is 11.8 Å². The van der Waals surface area contributed by atoms with Crippen LogP contribution in [0.25, 0.3) is 0 Å². The maximum Gasteiger partial charge on any atom is 0.191 e. The van der Waals surface area contributed by atoms with Gasteiger partial charge in [0.05, 0.1) is 0 Å². The van der Waals surface area contributed by atoms with Crippen molar-refractivity contribution in [2.75, 3.05) is 5.75 Å². The largest absolute Gasteiger partial charge is 0.289 e. The highest BCUT2D eigenvalue weighted by Crippen LogP contribution is 2.33. The normalized spacial score (nSPS) is 18.4. The van der Waals surface area contributed by atoms with Crippen molar-refractivity contribution in [1.29, 1.82) is 0 Å². The number of aryl methyl sites for hydroxylation is 1. The summed E-state index contributed by atoms with van der Waals surface area (Å²) in [5.41, 5.74) is 2.81. The predicted molar refractivity (Wildman–Crippen MR) is 63.2 cm³/mol. The quantitative estimate of drug-likeness (QED) is 0.670. The first kappa shape index (κ1) is 9.99. The van der Waals surface area contributed by atoms with E-state index in [1.165, 1.54) is 0 Å². The van der Waals surface area contributed by atoms with Crippen LogP contribution in [0.1, 0.15) is 15.9 Å². The minimum absolute atomic E-state index is 0.152. The molecule has 0 aromatic heterocycles. The smallest absolute Gasteiger partial charge is 0.191 e. The Hall–Kier alpha value is -0.540. The van der Waals surface area contributed by atoms with Crippen LogP contribution < -0.4 is 0 Å². The molecule has 0 fully saturated rings. The first-order chi connectivity index (χ1) is 6.72. The molecule has 14 heavy (non-hydrogen) atoms. The van der Waals surface area contributed by atoms with Gasteiger partial charge in [0.1, 0.15) is 0 Å². The van der Waals surface area contributed by atoms with Gasteiger partial charge in [0, 0.05) is 21.8 Å². The van der Waals surface area contributed by atoms with E-state index in [-0.39, 0.29) is 5.78 Å². The highest BCUT2D eigenvalue weighted by molar-refractivity contribution is 9.11. The number of hydrogen-bond donors (Lipinski definition) is 0. The third-order valence-electron chi connectivity index (χ3n) is 2.19. The molecule has 0 N–H and O–H groups in total. The molecular formula is C11H9BrOS. The highest BCUT2D eigenvalue weighted by atomic mass is 79.9. The fraction of sp³-hybridized carbons (Fsp3) is 0.182. The SMILES string of the molecule is Cc1ccc2c(c1)C(=O)/C(=C\Br)CS2. The molecule has 3 heteroatoms. The van der Waals surface area contributed by atoms with E-state index in [2.05, 4.69) is 15.9 Å². The van der Waals surface area contributed by atoms with Crippen LogP contribution in [0.2, 0.25) is 0 Å². The van der Waals surface area contributed by atoms with Gasteiger partial charge in [-0.1, -0.05) is 27.6 Å². The zero-order valence-corrected chi connectivity index (χ0v) is 10.1. The Morgan fingerprint density at radius 1 is 1.50 bits per heavy atom. The summed E-state index contributed by atoms with van der Waals surface area (Å²) < 4.78 is 0. The number of benzene rings is 1. The van der Waals surface area contributed by atoms with E-state index in [1.54, 1.807) is 16.7 Å². The molecule has 0 saturated heterocycles. The van der Waals surface area contributed by atoms with Gasteiger partial charge in [-0.3, -0.25) is 4.79 Å². The van der Waals surface area contributed by atoms with Crippen LogP contribution in [0.4, 0.5) is 0 Å². The van der Waals surface area contributed by atoms with Crippen LogP contribution in [-0.4, -0.2) is 11.5 Å². The van der Waals surface area contributed by atoms with Gasteiger partial charge in [-0.05, 0) is 24.0 Å². The number of carbonyl (C=O) groups is 1. The van der Waals surface area contributed by atoms with Crippen LogP contribution >= 0.6 is 27.7 Å². The molecule has 0 amide bonds. The summed E-state index contributed by atoms with van der Waals surface area (Å²) in [5.74, 6) is 0.916. The van der Waals surface area contributed by atoms with Crippen LogP contribution in [-0.2, 0) is 0 Å². The average Bonchev–Trinajstić information content (AvgIpc) is 2.20. The molecule has 1 nitrogen and oxygen atoms in total. The van der Waals surface area contributed by atoms with E-state index in [1.807, 2.05) is 25.1 Å². The number of hydrogen-bond acceptors (Lipinski definition) is 2. The van der Waals surface area contributed by atoms with Gasteiger partial charge in [0.2, 0.25) is 0 Å². The van der Waals surface area contributed by atoms with Crippen molar-refractivity contribution >= 4 is 33.5 Å². The number of carbonyl (C=O) groups excluding carboxylic acids is 1. The molecule has 0 aliphatic carbocycles. The zero-order valence-electron chi connectivity index (χ0n) is 7.71. The summed E-state index contributed by atoms with van der Waals surface area (Å²) in [6.45, 7) is 2.00. The number of Topliss-reactive ketones (excluding diaryl/α,β-unsaturated/α-hetero) is 1. The molecule has 1 heterocycles. The average molecular weight is 269 g/mol. The Morgan fingerprint density at radius 3 is 3.00 bits per heavy atom. The molecule has 0 atom stereocenters. The van der Waals surface area contributed by atoms with E-state index in [0.29, 0.717) is 0 Å². The third-order valence-corrected chi connectivity index (χ3v) is 3.86. The summed E-state index contributed by atoms with van der Waals surface area (Å²) in [5, 5.41) is 0. The lowest BCUT2D eigenvalue weighted by atomic mass is 10.0. The van der Waals surface area contributed by atoms with Gasteiger partial charge in [0.15, 0.2) is 5.78 Å². The van der Waals surface area contributed by atoms with Gasteiger partial charge >= 0.3 is 0 Å². The molecule has 1 aliphatic heterocycles. The van der Waals surface area contributed by atoms with Gasteiger partial charge < -0.3 is 0 Å². The van der Waals surface area contributed by atoms with E-state index in [9.17, 15) is 4.79 Å². The zero-order chi connectivity index (χ0) is 10.1. The molecular weight excluding hydrogens is 260 g/mol. The number of halogens is 1. The monoisotopic (exact) mass is 268 g/mol. The topological polar surface area (TPSA) is 17.1 Å². The molecule has 2 rings (SSSR count). The molecule has 0 radical (unpaired) electrons. The van der Waals surface area contributed by atoms with Crippen LogP contribution in [0.5, 0.6) is 0 Å². The maximum atomic E-state index is 11.9. The lowest BCUT2D eigenvalue weighted by Crippen LogP contribution is -2.11. The van der Waals surface area contributed by atoms with Crippen LogP contribution in [0.15, 0.2) is 33.7 Å². The first-order valence-electron chi connectivity index (χ1n) is 4.30. The Labute approximate surface area is 95.7 Å². The number of fused-ring (bicyclic) bond motifs is 1. The van der Waals surface area contributed by atoms with Crippen LogP contribution in [0.3, 0.4) is 0 Å². The molecule has 1 aromatic rings. The predicted octanol–water partition coefficient (Wildman–Crippen LogP) is 3.56. The van der Waals surface area contributed by atoms with Crippen molar-refractivity contribution in [3.8, 4) is 0 Å². The second kappa shape index (κ2) is 3.91. The first-order valence-corrected chi connectivity index (χ1v) is 6.20. The fourth-order valence-electron chi connectivity index (χ4n) is 1.42. The van der Waals surface area contributed by atoms with Crippen LogP contribution in [0, 0.1) is 6.92 Å². The van der Waals surface area contributed by atoms with Crippen molar-refractivity contribution < 1.29 is 4.79 Å². The molecule has 1 aromatic carbocycles. The Kier molecular flexibility index (Phi) is 2.79. The second-order valence-corrected chi connectivity index (χ2v) is 4.73. The summed E-state index contributed by atoms with van der Waals surface area (Å²) in [7, 11) is 0.